The molecule has 128 valence electrons. The van der Waals surface area contributed by atoms with Crippen LogP contribution in [-0.4, -0.2) is 32.8 Å². The van der Waals surface area contributed by atoms with E-state index in [1.54, 1.807) is 25.3 Å². The molecular formula is C19H23NO4. The zero-order chi connectivity index (χ0) is 17.2. The Kier molecular flexibility index (Phi) is 6.95. The lowest BCUT2D eigenvalue weighted by atomic mass is 10.2. The van der Waals surface area contributed by atoms with Crippen LogP contribution in [0.4, 0.5) is 0 Å². The summed E-state index contributed by atoms with van der Waals surface area (Å²) in [6, 6.07) is 14.8. The minimum Gasteiger partial charge on any atom is -0.494 e. The van der Waals surface area contributed by atoms with Crippen LogP contribution in [0.1, 0.15) is 23.7 Å². The van der Waals surface area contributed by atoms with E-state index in [-0.39, 0.29) is 5.91 Å². The summed E-state index contributed by atoms with van der Waals surface area (Å²) in [5.74, 6) is 1.88. The molecule has 0 saturated carbocycles. The van der Waals surface area contributed by atoms with Crippen LogP contribution in [0.15, 0.2) is 48.5 Å². The number of hydrogen-bond donors (Lipinski definition) is 1. The summed E-state index contributed by atoms with van der Waals surface area (Å²) >= 11 is 0. The van der Waals surface area contributed by atoms with Crippen molar-refractivity contribution in [2.45, 2.75) is 13.3 Å². The van der Waals surface area contributed by atoms with E-state index >= 15 is 0 Å². The average molecular weight is 329 g/mol. The first-order valence-corrected chi connectivity index (χ1v) is 8.01. The molecule has 24 heavy (non-hydrogen) atoms. The van der Waals surface area contributed by atoms with Crippen LogP contribution < -0.4 is 19.5 Å². The molecule has 0 bridgehead atoms. The first-order chi connectivity index (χ1) is 11.7. The van der Waals surface area contributed by atoms with Crippen molar-refractivity contribution >= 4 is 5.91 Å². The van der Waals surface area contributed by atoms with Crippen LogP contribution in [-0.2, 0) is 0 Å². The fraction of sp³-hybridized carbons (Fsp3) is 0.316. The van der Waals surface area contributed by atoms with E-state index in [4.69, 9.17) is 14.2 Å². The molecule has 0 aliphatic carbocycles. The molecule has 0 aliphatic rings. The smallest absolute Gasteiger partial charge is 0.251 e. The maximum absolute atomic E-state index is 12.2. The number of hydrogen-bond acceptors (Lipinski definition) is 4. The standard InChI is InChI=1S/C19H23NO4/c1-3-23-17-11-10-15(14-18(17)22-2)19(21)20-12-7-13-24-16-8-5-4-6-9-16/h4-6,8-11,14H,3,7,12-13H2,1-2H3,(H,20,21). The molecule has 0 fully saturated rings. The van der Waals surface area contributed by atoms with Crippen LogP contribution in [0.2, 0.25) is 0 Å². The van der Waals surface area contributed by atoms with Crippen molar-refractivity contribution in [2.24, 2.45) is 0 Å². The second kappa shape index (κ2) is 9.45. The van der Waals surface area contributed by atoms with Crippen molar-refractivity contribution in [3.8, 4) is 17.2 Å². The Morgan fingerprint density at radius 1 is 1.04 bits per heavy atom. The number of carbonyl (C=O) groups is 1. The SMILES string of the molecule is CCOc1ccc(C(=O)NCCCOc2ccccc2)cc1OC. The molecule has 1 amide bonds. The van der Waals surface area contributed by atoms with E-state index in [9.17, 15) is 4.79 Å². The van der Waals surface area contributed by atoms with E-state index in [0.717, 1.165) is 12.2 Å². The summed E-state index contributed by atoms with van der Waals surface area (Å²) in [6.07, 6.45) is 0.731. The van der Waals surface area contributed by atoms with Crippen molar-refractivity contribution in [1.82, 2.24) is 5.32 Å². The number of para-hydroxylation sites is 1. The Hall–Kier alpha value is -2.69. The third-order valence-corrected chi connectivity index (χ3v) is 3.34. The van der Waals surface area contributed by atoms with Gasteiger partial charge in [-0.3, -0.25) is 4.79 Å². The minimum absolute atomic E-state index is 0.143. The summed E-state index contributed by atoms with van der Waals surface area (Å²) in [6.45, 7) is 3.54. The van der Waals surface area contributed by atoms with Gasteiger partial charge in [0.1, 0.15) is 5.75 Å². The van der Waals surface area contributed by atoms with Crippen LogP contribution in [0, 0.1) is 0 Å². The molecular weight excluding hydrogens is 306 g/mol. The molecule has 0 aromatic heterocycles. The number of rotatable bonds is 9. The van der Waals surface area contributed by atoms with Gasteiger partial charge in [0, 0.05) is 12.1 Å². The van der Waals surface area contributed by atoms with E-state index in [1.165, 1.54) is 0 Å². The second-order valence-corrected chi connectivity index (χ2v) is 5.07. The zero-order valence-electron chi connectivity index (χ0n) is 14.1. The fourth-order valence-electron chi connectivity index (χ4n) is 2.17. The summed E-state index contributed by atoms with van der Waals surface area (Å²) in [7, 11) is 1.56. The molecule has 0 atom stereocenters. The number of nitrogens with one attached hydrogen (secondary N) is 1. The maximum Gasteiger partial charge on any atom is 0.251 e. The largest absolute Gasteiger partial charge is 0.494 e. The first-order valence-electron chi connectivity index (χ1n) is 8.01. The van der Waals surface area contributed by atoms with Gasteiger partial charge in [-0.1, -0.05) is 18.2 Å². The van der Waals surface area contributed by atoms with Gasteiger partial charge in [-0.25, -0.2) is 0 Å². The number of ether oxygens (including phenoxy) is 3. The molecule has 0 heterocycles. The van der Waals surface area contributed by atoms with Crippen molar-refractivity contribution in [2.75, 3.05) is 26.9 Å². The zero-order valence-corrected chi connectivity index (χ0v) is 14.1. The van der Waals surface area contributed by atoms with E-state index in [0.29, 0.717) is 36.8 Å². The van der Waals surface area contributed by atoms with Crippen LogP contribution in [0.5, 0.6) is 17.2 Å². The van der Waals surface area contributed by atoms with Crippen LogP contribution >= 0.6 is 0 Å². The average Bonchev–Trinajstić information content (AvgIpc) is 2.62. The Labute approximate surface area is 142 Å². The predicted molar refractivity (Wildman–Crippen MR) is 93.1 cm³/mol. The molecule has 5 heteroatoms. The van der Waals surface area contributed by atoms with Gasteiger partial charge in [0.15, 0.2) is 11.5 Å². The lowest BCUT2D eigenvalue weighted by Gasteiger charge is -2.11. The topological polar surface area (TPSA) is 56.8 Å². The highest BCUT2D eigenvalue weighted by Crippen LogP contribution is 2.27. The normalized spacial score (nSPS) is 10.1. The van der Waals surface area contributed by atoms with Gasteiger partial charge >= 0.3 is 0 Å². The minimum atomic E-state index is -0.143. The fourth-order valence-corrected chi connectivity index (χ4v) is 2.17. The molecule has 0 spiro atoms. The Morgan fingerprint density at radius 3 is 2.54 bits per heavy atom. The molecule has 0 unspecified atom stereocenters. The third-order valence-electron chi connectivity index (χ3n) is 3.34. The Bertz CT molecular complexity index is 643. The van der Waals surface area contributed by atoms with Gasteiger partial charge in [-0.2, -0.15) is 0 Å². The summed E-state index contributed by atoms with van der Waals surface area (Å²) < 4.78 is 16.3. The van der Waals surface area contributed by atoms with Gasteiger partial charge in [0.25, 0.3) is 5.91 Å². The van der Waals surface area contributed by atoms with Gasteiger partial charge < -0.3 is 19.5 Å². The first kappa shape index (κ1) is 17.7. The molecule has 0 radical (unpaired) electrons. The van der Waals surface area contributed by atoms with E-state index in [2.05, 4.69) is 5.32 Å². The molecule has 5 nitrogen and oxygen atoms in total. The van der Waals surface area contributed by atoms with Gasteiger partial charge in [0.05, 0.1) is 20.3 Å². The van der Waals surface area contributed by atoms with Crippen LogP contribution in [0.3, 0.4) is 0 Å². The Morgan fingerprint density at radius 2 is 1.83 bits per heavy atom. The number of benzene rings is 2. The highest BCUT2D eigenvalue weighted by atomic mass is 16.5. The summed E-state index contributed by atoms with van der Waals surface area (Å²) in [4.78, 5) is 12.2. The number of methoxy groups -OCH3 is 1. The van der Waals surface area contributed by atoms with E-state index < -0.39 is 0 Å². The van der Waals surface area contributed by atoms with Crippen molar-refractivity contribution < 1.29 is 19.0 Å². The second-order valence-electron chi connectivity index (χ2n) is 5.07. The summed E-state index contributed by atoms with van der Waals surface area (Å²) in [5.41, 5.74) is 0.541. The van der Waals surface area contributed by atoms with Gasteiger partial charge in [0.2, 0.25) is 0 Å². The monoisotopic (exact) mass is 329 g/mol. The molecule has 2 aromatic carbocycles. The van der Waals surface area contributed by atoms with Gasteiger partial charge in [-0.15, -0.1) is 0 Å². The molecule has 2 aromatic rings. The van der Waals surface area contributed by atoms with Gasteiger partial charge in [-0.05, 0) is 43.7 Å². The highest BCUT2D eigenvalue weighted by molar-refractivity contribution is 5.94. The number of amides is 1. The molecule has 1 N–H and O–H groups in total. The molecule has 2 rings (SSSR count). The number of carbonyl (C=O) groups excluding carboxylic acids is 1. The third kappa shape index (κ3) is 5.19. The summed E-state index contributed by atoms with van der Waals surface area (Å²) in [5, 5.41) is 2.87. The van der Waals surface area contributed by atoms with E-state index in [1.807, 2.05) is 37.3 Å². The van der Waals surface area contributed by atoms with Crippen LogP contribution in [0.25, 0.3) is 0 Å². The predicted octanol–water partition coefficient (Wildman–Crippen LogP) is 3.29. The van der Waals surface area contributed by atoms with Crippen molar-refractivity contribution in [3.05, 3.63) is 54.1 Å². The highest BCUT2D eigenvalue weighted by Gasteiger charge is 2.10. The van der Waals surface area contributed by atoms with Crippen molar-refractivity contribution in [3.63, 3.8) is 0 Å². The molecule has 0 saturated heterocycles. The Balaban J connectivity index is 1.78. The maximum atomic E-state index is 12.2. The quantitative estimate of drug-likeness (QED) is 0.717. The lowest BCUT2D eigenvalue weighted by molar-refractivity contribution is 0.0951. The lowest BCUT2D eigenvalue weighted by Crippen LogP contribution is -2.25. The molecule has 0 aliphatic heterocycles. The van der Waals surface area contributed by atoms with Crippen molar-refractivity contribution in [1.29, 1.82) is 0 Å².